The lowest BCUT2D eigenvalue weighted by Crippen LogP contribution is -2.11. The lowest BCUT2D eigenvalue weighted by molar-refractivity contribution is 0.0622. The molecule has 6 heteroatoms. The molecule has 0 bridgehead atoms. The van der Waals surface area contributed by atoms with E-state index in [-0.39, 0.29) is 18.5 Å². The first-order chi connectivity index (χ1) is 16.6. The lowest BCUT2D eigenvalue weighted by Gasteiger charge is -2.21. The molecule has 0 aliphatic carbocycles. The Kier molecular flexibility index (Phi) is 7.53. The van der Waals surface area contributed by atoms with Crippen LogP contribution < -0.4 is 0 Å². The number of rotatable bonds is 6. The second-order valence-electron chi connectivity index (χ2n) is 8.19. The molecule has 1 atom stereocenters. The first-order valence-electron chi connectivity index (χ1n) is 11.0. The SMILES string of the molecule is Cl.Cn1cncc1C(OCc1cccc(Cl)c1)c1ccc(C#N)c(-c2cccc3ccccc23)c1. The quantitative estimate of drug-likeness (QED) is 0.243. The molecule has 0 aliphatic rings. The Morgan fingerprint density at radius 1 is 0.971 bits per heavy atom. The number of nitrogens with zero attached hydrogens (tertiary/aromatic N) is 3. The highest BCUT2D eigenvalue weighted by molar-refractivity contribution is 6.30. The Morgan fingerprint density at radius 3 is 2.54 bits per heavy atom. The summed E-state index contributed by atoms with van der Waals surface area (Å²) >= 11 is 6.17. The number of nitriles is 1. The van der Waals surface area contributed by atoms with Gasteiger partial charge in [-0.05, 0) is 51.7 Å². The van der Waals surface area contributed by atoms with Gasteiger partial charge in [0, 0.05) is 17.6 Å². The van der Waals surface area contributed by atoms with E-state index in [0.29, 0.717) is 17.2 Å². The predicted molar refractivity (Wildman–Crippen MR) is 143 cm³/mol. The molecule has 4 nitrogen and oxygen atoms in total. The van der Waals surface area contributed by atoms with Gasteiger partial charge >= 0.3 is 0 Å². The van der Waals surface area contributed by atoms with Crippen LogP contribution in [0.15, 0.2) is 97.5 Å². The lowest BCUT2D eigenvalue weighted by atomic mass is 9.92. The fraction of sp³-hybridized carbons (Fsp3) is 0.103. The zero-order valence-corrected chi connectivity index (χ0v) is 20.6. The maximum atomic E-state index is 9.88. The molecule has 0 spiro atoms. The molecule has 0 saturated heterocycles. The van der Waals surface area contributed by atoms with E-state index in [9.17, 15) is 5.26 Å². The van der Waals surface area contributed by atoms with Crippen LogP contribution in [-0.2, 0) is 18.4 Å². The average Bonchev–Trinajstić information content (AvgIpc) is 3.29. The van der Waals surface area contributed by atoms with Gasteiger partial charge < -0.3 is 9.30 Å². The molecular formula is C29H23Cl2N3O. The summed E-state index contributed by atoms with van der Waals surface area (Å²) < 4.78 is 8.40. The van der Waals surface area contributed by atoms with Crippen LogP contribution >= 0.6 is 24.0 Å². The monoisotopic (exact) mass is 499 g/mol. The van der Waals surface area contributed by atoms with Gasteiger partial charge in [-0.15, -0.1) is 12.4 Å². The number of halogens is 2. The van der Waals surface area contributed by atoms with Crippen molar-refractivity contribution in [3.63, 3.8) is 0 Å². The number of fused-ring (bicyclic) bond motifs is 1. The van der Waals surface area contributed by atoms with Crippen molar-refractivity contribution in [2.24, 2.45) is 7.05 Å². The van der Waals surface area contributed by atoms with Crippen LogP contribution in [-0.4, -0.2) is 9.55 Å². The Hall–Kier alpha value is -3.62. The number of hydrogen-bond acceptors (Lipinski definition) is 3. The van der Waals surface area contributed by atoms with Crippen LogP contribution in [0, 0.1) is 11.3 Å². The first-order valence-corrected chi connectivity index (χ1v) is 11.4. The van der Waals surface area contributed by atoms with Crippen molar-refractivity contribution in [1.82, 2.24) is 9.55 Å². The highest BCUT2D eigenvalue weighted by atomic mass is 35.5. The molecule has 1 aromatic heterocycles. The van der Waals surface area contributed by atoms with Crippen molar-refractivity contribution in [2.45, 2.75) is 12.7 Å². The molecule has 1 unspecified atom stereocenters. The highest BCUT2D eigenvalue weighted by Crippen LogP contribution is 2.35. The van der Waals surface area contributed by atoms with E-state index in [1.165, 1.54) is 0 Å². The van der Waals surface area contributed by atoms with Gasteiger partial charge in [-0.25, -0.2) is 4.98 Å². The van der Waals surface area contributed by atoms with Gasteiger partial charge in [0.15, 0.2) is 0 Å². The van der Waals surface area contributed by atoms with Crippen molar-refractivity contribution in [3.8, 4) is 17.2 Å². The van der Waals surface area contributed by atoms with E-state index in [2.05, 4.69) is 41.4 Å². The Bertz CT molecular complexity index is 1510. The van der Waals surface area contributed by atoms with E-state index in [1.807, 2.05) is 72.4 Å². The predicted octanol–water partition coefficient (Wildman–Crippen LogP) is 7.49. The Morgan fingerprint density at radius 2 is 1.77 bits per heavy atom. The van der Waals surface area contributed by atoms with Crippen molar-refractivity contribution < 1.29 is 4.74 Å². The molecule has 4 aromatic carbocycles. The van der Waals surface area contributed by atoms with E-state index in [4.69, 9.17) is 16.3 Å². The molecule has 35 heavy (non-hydrogen) atoms. The summed E-state index contributed by atoms with van der Waals surface area (Å²) in [6.45, 7) is 0.389. The number of benzene rings is 4. The summed E-state index contributed by atoms with van der Waals surface area (Å²) in [5.74, 6) is 0. The maximum absolute atomic E-state index is 9.88. The topological polar surface area (TPSA) is 50.8 Å². The zero-order chi connectivity index (χ0) is 23.5. The molecule has 0 aliphatic heterocycles. The van der Waals surface area contributed by atoms with Crippen LogP contribution in [0.2, 0.25) is 5.02 Å². The standard InChI is InChI=1S/C29H22ClN3O.ClH/c1-33-19-32-17-28(33)29(34-18-20-6-4-9-24(30)14-20)22-12-13-23(16-31)27(15-22)26-11-5-8-21-7-2-3-10-25(21)26;/h2-15,17,19,29H,18H2,1H3;1H. The molecular weight excluding hydrogens is 477 g/mol. The molecule has 0 fully saturated rings. The van der Waals surface area contributed by atoms with E-state index in [1.54, 1.807) is 6.33 Å². The number of hydrogen-bond donors (Lipinski definition) is 0. The van der Waals surface area contributed by atoms with Gasteiger partial charge in [0.05, 0.1) is 36.5 Å². The summed E-state index contributed by atoms with van der Waals surface area (Å²) in [5, 5.41) is 12.8. The summed E-state index contributed by atoms with van der Waals surface area (Å²) in [6.07, 6.45) is 3.21. The van der Waals surface area contributed by atoms with E-state index >= 15 is 0 Å². The third-order valence-electron chi connectivity index (χ3n) is 5.97. The van der Waals surface area contributed by atoms with Crippen molar-refractivity contribution in [3.05, 3.63) is 125 Å². The van der Waals surface area contributed by atoms with E-state index < -0.39 is 0 Å². The normalized spacial score (nSPS) is 11.6. The zero-order valence-electron chi connectivity index (χ0n) is 19.1. The third kappa shape index (κ3) is 5.08. The number of ether oxygens (including phenoxy) is 1. The third-order valence-corrected chi connectivity index (χ3v) is 6.21. The minimum Gasteiger partial charge on any atom is -0.363 e. The first kappa shape index (κ1) is 24.5. The molecule has 5 aromatic rings. The van der Waals surface area contributed by atoms with Crippen molar-refractivity contribution in [2.75, 3.05) is 0 Å². The van der Waals surface area contributed by atoms with E-state index in [0.717, 1.165) is 38.7 Å². The largest absolute Gasteiger partial charge is 0.363 e. The van der Waals surface area contributed by atoms with Gasteiger partial charge in [-0.3, -0.25) is 0 Å². The second-order valence-corrected chi connectivity index (χ2v) is 8.63. The molecule has 0 amide bonds. The smallest absolute Gasteiger partial charge is 0.124 e. The van der Waals surface area contributed by atoms with Crippen LogP contribution in [0.1, 0.15) is 28.5 Å². The number of aryl methyl sites for hydroxylation is 1. The summed E-state index contributed by atoms with van der Waals surface area (Å²) in [6, 6.07) is 30.3. The number of imidazole rings is 1. The second kappa shape index (κ2) is 10.8. The summed E-state index contributed by atoms with van der Waals surface area (Å²) in [7, 11) is 1.95. The molecule has 0 N–H and O–H groups in total. The summed E-state index contributed by atoms with van der Waals surface area (Å²) in [5.41, 5.74) is 5.40. The van der Waals surface area contributed by atoms with Crippen molar-refractivity contribution >= 4 is 34.8 Å². The van der Waals surface area contributed by atoms with Crippen LogP contribution in [0.5, 0.6) is 0 Å². The number of aromatic nitrogens is 2. The molecule has 1 heterocycles. The average molecular weight is 500 g/mol. The molecule has 0 saturated carbocycles. The Balaban J connectivity index is 0.00000289. The van der Waals surface area contributed by atoms with Gasteiger partial charge in [-0.1, -0.05) is 72.3 Å². The molecule has 0 radical (unpaired) electrons. The fourth-order valence-corrected chi connectivity index (χ4v) is 4.50. The summed E-state index contributed by atoms with van der Waals surface area (Å²) in [4.78, 5) is 4.30. The van der Waals surface area contributed by atoms with Crippen molar-refractivity contribution in [1.29, 1.82) is 5.26 Å². The minimum atomic E-state index is -0.368. The van der Waals surface area contributed by atoms with Gasteiger partial charge in [0.1, 0.15) is 6.10 Å². The van der Waals surface area contributed by atoms with Crippen LogP contribution in [0.3, 0.4) is 0 Å². The fourth-order valence-electron chi connectivity index (χ4n) is 4.28. The van der Waals surface area contributed by atoms with Gasteiger partial charge in [0.2, 0.25) is 0 Å². The Labute approximate surface area is 215 Å². The van der Waals surface area contributed by atoms with Gasteiger partial charge in [-0.2, -0.15) is 5.26 Å². The maximum Gasteiger partial charge on any atom is 0.124 e. The van der Waals surface area contributed by atoms with Gasteiger partial charge in [0.25, 0.3) is 0 Å². The molecule has 174 valence electrons. The van der Waals surface area contributed by atoms with Crippen LogP contribution in [0.4, 0.5) is 0 Å². The highest BCUT2D eigenvalue weighted by Gasteiger charge is 2.21. The van der Waals surface area contributed by atoms with Crippen LogP contribution in [0.25, 0.3) is 21.9 Å². The molecule has 5 rings (SSSR count). The minimum absolute atomic E-state index is 0.